The van der Waals surface area contributed by atoms with Gasteiger partial charge >= 0.3 is 0 Å². The summed E-state index contributed by atoms with van der Waals surface area (Å²) < 4.78 is 6.34. The second kappa shape index (κ2) is 7.64. The highest BCUT2D eigenvalue weighted by Gasteiger charge is 2.24. The van der Waals surface area contributed by atoms with E-state index in [2.05, 4.69) is 45.0 Å². The van der Waals surface area contributed by atoms with E-state index >= 15 is 0 Å². The van der Waals surface area contributed by atoms with Crippen LogP contribution in [0.15, 0.2) is 54.9 Å². The summed E-state index contributed by atoms with van der Waals surface area (Å²) in [5, 5.41) is 0.952. The highest BCUT2D eigenvalue weighted by atomic mass is 16.5. The minimum Gasteiger partial charge on any atom is -0.487 e. The smallest absolute Gasteiger partial charge is 0.248 e. The summed E-state index contributed by atoms with van der Waals surface area (Å²) >= 11 is 0. The monoisotopic (exact) mass is 439 g/mol. The quantitative estimate of drug-likeness (QED) is 0.509. The van der Waals surface area contributed by atoms with E-state index in [0.717, 1.165) is 59.7 Å². The standard InChI is InChI=1S/C26H25N5O2/c1-30-8-10-31(11-9-30)19-6-7-20-18(12-19)15-33-24-22(20)14-29-26-23(24)21(13-28-26)16-2-4-17(5-3-16)25(27)32/h2-7,12-14H,8-11,15H2,1H3,(H2,27,32)(H,28,29). The van der Waals surface area contributed by atoms with E-state index in [4.69, 9.17) is 10.5 Å². The van der Waals surface area contributed by atoms with E-state index < -0.39 is 5.91 Å². The number of likely N-dealkylation sites (N-methyl/N-ethyl adjacent to an activating group) is 1. The lowest BCUT2D eigenvalue weighted by molar-refractivity contribution is 0.100. The molecule has 3 N–H and O–H groups in total. The Morgan fingerprint density at radius 1 is 1.03 bits per heavy atom. The molecule has 0 unspecified atom stereocenters. The maximum atomic E-state index is 11.4. The average Bonchev–Trinajstić information content (AvgIpc) is 3.28. The molecule has 0 atom stereocenters. The van der Waals surface area contributed by atoms with Crippen molar-refractivity contribution in [1.82, 2.24) is 14.9 Å². The average molecular weight is 440 g/mol. The van der Waals surface area contributed by atoms with Gasteiger partial charge in [-0.3, -0.25) is 4.79 Å². The molecule has 1 fully saturated rings. The number of H-pyrrole nitrogens is 1. The van der Waals surface area contributed by atoms with Gasteiger partial charge in [-0.15, -0.1) is 0 Å². The van der Waals surface area contributed by atoms with Gasteiger partial charge in [-0.25, -0.2) is 4.98 Å². The van der Waals surface area contributed by atoms with Gasteiger partial charge in [0.15, 0.2) is 0 Å². The molecule has 7 nitrogen and oxygen atoms in total. The Kier molecular flexibility index (Phi) is 4.58. The first-order valence-corrected chi connectivity index (χ1v) is 11.2. The number of primary amides is 1. The zero-order valence-electron chi connectivity index (χ0n) is 18.5. The molecule has 2 aromatic carbocycles. The first-order chi connectivity index (χ1) is 16.1. The van der Waals surface area contributed by atoms with Crippen LogP contribution in [0.4, 0.5) is 5.69 Å². The number of pyridine rings is 1. The highest BCUT2D eigenvalue weighted by molar-refractivity contribution is 6.03. The lowest BCUT2D eigenvalue weighted by Crippen LogP contribution is -2.44. The first kappa shape index (κ1) is 19.8. The van der Waals surface area contributed by atoms with Gasteiger partial charge in [0.2, 0.25) is 5.91 Å². The van der Waals surface area contributed by atoms with Crippen molar-refractivity contribution < 1.29 is 9.53 Å². The van der Waals surface area contributed by atoms with Gasteiger partial charge in [-0.1, -0.05) is 18.2 Å². The van der Waals surface area contributed by atoms with Crippen molar-refractivity contribution in [1.29, 1.82) is 0 Å². The summed E-state index contributed by atoms with van der Waals surface area (Å²) in [5.41, 5.74) is 13.2. The van der Waals surface area contributed by atoms with Crippen LogP contribution in [-0.2, 0) is 6.61 Å². The number of carbonyl (C=O) groups is 1. The first-order valence-electron chi connectivity index (χ1n) is 11.2. The van der Waals surface area contributed by atoms with Crippen molar-refractivity contribution >= 4 is 22.6 Å². The zero-order valence-corrected chi connectivity index (χ0v) is 18.5. The third kappa shape index (κ3) is 3.32. The minimum absolute atomic E-state index is 0.435. The number of piperazine rings is 1. The SMILES string of the molecule is CN1CCN(c2ccc3c(c2)COc2c-3cnc3[nH]cc(-c4ccc(C(N)=O)cc4)c23)CC1. The number of anilines is 1. The summed E-state index contributed by atoms with van der Waals surface area (Å²) in [6.07, 6.45) is 3.83. The van der Waals surface area contributed by atoms with Crippen molar-refractivity contribution in [3.05, 3.63) is 66.0 Å². The van der Waals surface area contributed by atoms with Crippen LogP contribution in [0, 0.1) is 0 Å². The minimum atomic E-state index is -0.435. The van der Waals surface area contributed by atoms with Gasteiger partial charge in [0, 0.05) is 61.0 Å². The van der Waals surface area contributed by atoms with Crippen molar-refractivity contribution in [2.24, 2.45) is 5.73 Å². The molecule has 0 radical (unpaired) electrons. The second-order valence-electron chi connectivity index (χ2n) is 8.79. The maximum Gasteiger partial charge on any atom is 0.248 e. The number of nitrogens with two attached hydrogens (primary N) is 1. The molecule has 2 aliphatic rings. The Bertz CT molecular complexity index is 1370. The Hall–Kier alpha value is -3.84. The Balaban J connectivity index is 1.41. The largest absolute Gasteiger partial charge is 0.487 e. The fourth-order valence-electron chi connectivity index (χ4n) is 4.82. The van der Waals surface area contributed by atoms with Crippen LogP contribution in [0.1, 0.15) is 15.9 Å². The number of hydrogen-bond acceptors (Lipinski definition) is 5. The number of ether oxygens (including phenoxy) is 1. The fraction of sp³-hybridized carbons (Fsp3) is 0.231. The molecule has 2 aliphatic heterocycles. The van der Waals surface area contributed by atoms with Crippen molar-refractivity contribution in [3.63, 3.8) is 0 Å². The zero-order chi connectivity index (χ0) is 22.5. The number of nitrogens with zero attached hydrogens (tertiary/aromatic N) is 3. The summed E-state index contributed by atoms with van der Waals surface area (Å²) in [6.45, 7) is 4.75. The maximum absolute atomic E-state index is 11.4. The number of aromatic amines is 1. The Morgan fingerprint density at radius 3 is 2.58 bits per heavy atom. The number of amides is 1. The van der Waals surface area contributed by atoms with Gasteiger partial charge in [0.25, 0.3) is 0 Å². The molecule has 0 saturated carbocycles. The van der Waals surface area contributed by atoms with Crippen LogP contribution < -0.4 is 15.4 Å². The number of fused-ring (bicyclic) bond motifs is 5. The third-order valence-electron chi connectivity index (χ3n) is 6.75. The fourth-order valence-corrected chi connectivity index (χ4v) is 4.82. The van der Waals surface area contributed by atoms with E-state index in [0.29, 0.717) is 12.2 Å². The van der Waals surface area contributed by atoms with E-state index in [1.165, 1.54) is 16.8 Å². The van der Waals surface area contributed by atoms with Crippen LogP contribution in [0.3, 0.4) is 0 Å². The summed E-state index contributed by atoms with van der Waals surface area (Å²) in [7, 11) is 2.17. The molecule has 33 heavy (non-hydrogen) atoms. The summed E-state index contributed by atoms with van der Waals surface area (Å²) in [4.78, 5) is 24.2. The Morgan fingerprint density at radius 2 is 1.82 bits per heavy atom. The van der Waals surface area contributed by atoms with E-state index in [1.807, 2.05) is 24.5 Å². The van der Waals surface area contributed by atoms with Crippen molar-refractivity contribution in [3.8, 4) is 28.0 Å². The molecule has 1 saturated heterocycles. The number of hydrogen-bond donors (Lipinski definition) is 2. The molecule has 6 rings (SSSR count). The van der Waals surface area contributed by atoms with E-state index in [1.54, 1.807) is 12.1 Å². The molecule has 7 heteroatoms. The van der Waals surface area contributed by atoms with Crippen molar-refractivity contribution in [2.75, 3.05) is 38.1 Å². The van der Waals surface area contributed by atoms with Crippen LogP contribution in [-0.4, -0.2) is 54.0 Å². The van der Waals surface area contributed by atoms with Crippen LogP contribution >= 0.6 is 0 Å². The summed E-state index contributed by atoms with van der Waals surface area (Å²) in [6, 6.07) is 14.0. The number of rotatable bonds is 3. The van der Waals surface area contributed by atoms with E-state index in [9.17, 15) is 4.79 Å². The number of aromatic nitrogens is 2. The van der Waals surface area contributed by atoms with Crippen LogP contribution in [0.2, 0.25) is 0 Å². The van der Waals surface area contributed by atoms with Gasteiger partial charge in [0.05, 0.1) is 5.39 Å². The third-order valence-corrected chi connectivity index (χ3v) is 6.75. The molecule has 0 bridgehead atoms. The van der Waals surface area contributed by atoms with E-state index in [-0.39, 0.29) is 0 Å². The van der Waals surface area contributed by atoms with Crippen LogP contribution in [0.25, 0.3) is 33.3 Å². The highest BCUT2D eigenvalue weighted by Crippen LogP contribution is 2.45. The molecule has 0 aliphatic carbocycles. The lowest BCUT2D eigenvalue weighted by atomic mass is 9.95. The number of benzene rings is 2. The normalized spacial score (nSPS) is 15.7. The molecule has 1 amide bonds. The molecular formula is C26H25N5O2. The van der Waals surface area contributed by atoms with Crippen molar-refractivity contribution in [2.45, 2.75) is 6.61 Å². The van der Waals surface area contributed by atoms with Gasteiger partial charge < -0.3 is 25.3 Å². The molecular weight excluding hydrogens is 414 g/mol. The molecule has 4 heterocycles. The molecule has 2 aromatic heterocycles. The predicted octanol–water partition coefficient (Wildman–Crippen LogP) is 3.64. The predicted molar refractivity (Wildman–Crippen MR) is 130 cm³/mol. The topological polar surface area (TPSA) is 87.5 Å². The summed E-state index contributed by atoms with van der Waals surface area (Å²) in [5.74, 6) is 0.408. The van der Waals surface area contributed by atoms with Gasteiger partial charge in [-0.05, 0) is 48.0 Å². The number of nitrogens with one attached hydrogen (secondary N) is 1. The molecule has 4 aromatic rings. The van der Waals surface area contributed by atoms with Gasteiger partial charge in [-0.2, -0.15) is 0 Å². The number of carbonyl (C=O) groups excluding carboxylic acids is 1. The Labute approximate surface area is 191 Å². The molecule has 166 valence electrons. The molecule has 0 spiro atoms. The second-order valence-corrected chi connectivity index (χ2v) is 8.79. The lowest BCUT2D eigenvalue weighted by Gasteiger charge is -2.34. The van der Waals surface area contributed by atoms with Gasteiger partial charge in [0.1, 0.15) is 18.0 Å². The van der Waals surface area contributed by atoms with Crippen LogP contribution in [0.5, 0.6) is 5.75 Å².